The van der Waals surface area contributed by atoms with Crippen LogP contribution < -0.4 is 5.32 Å². The average molecular weight is 228 g/mol. The van der Waals surface area contributed by atoms with Gasteiger partial charge in [0.2, 0.25) is 5.91 Å². The van der Waals surface area contributed by atoms with E-state index in [2.05, 4.69) is 12.2 Å². The second-order valence-electron chi connectivity index (χ2n) is 5.44. The summed E-state index contributed by atoms with van der Waals surface area (Å²) in [6, 6.07) is 0.410. The summed E-state index contributed by atoms with van der Waals surface area (Å²) >= 11 is 0. The zero-order valence-corrected chi connectivity index (χ0v) is 10.8. The highest BCUT2D eigenvalue weighted by atomic mass is 16.3. The van der Waals surface area contributed by atoms with Crippen LogP contribution >= 0.6 is 0 Å². The summed E-state index contributed by atoms with van der Waals surface area (Å²) in [5.41, 5.74) is -0.467. The highest BCUT2D eigenvalue weighted by Gasteiger charge is 2.33. The quantitative estimate of drug-likeness (QED) is 0.744. The van der Waals surface area contributed by atoms with Crippen molar-refractivity contribution in [2.24, 2.45) is 5.92 Å². The third-order valence-electron chi connectivity index (χ3n) is 3.60. The molecule has 0 aromatic heterocycles. The number of aliphatic hydroxyl groups excluding tert-OH is 1. The highest BCUT2D eigenvalue weighted by Crippen LogP contribution is 2.22. The monoisotopic (exact) mass is 228 g/mol. The van der Waals surface area contributed by atoms with E-state index in [0.29, 0.717) is 6.04 Å². The lowest BCUT2D eigenvalue weighted by atomic mass is 9.90. The predicted octanol–water partition coefficient (Wildman–Crippen LogP) is 0.604. The minimum atomic E-state index is -0.467. The maximum absolute atomic E-state index is 12.2. The topological polar surface area (TPSA) is 52.6 Å². The molecule has 0 aromatic rings. The van der Waals surface area contributed by atoms with Gasteiger partial charge in [-0.3, -0.25) is 4.79 Å². The first kappa shape index (κ1) is 13.5. The molecule has 4 heteroatoms. The summed E-state index contributed by atoms with van der Waals surface area (Å²) in [5, 5.41) is 12.6. The first-order valence-electron chi connectivity index (χ1n) is 6.00. The molecule has 1 aliphatic rings. The molecule has 1 aliphatic heterocycles. The number of amides is 1. The van der Waals surface area contributed by atoms with Crippen molar-refractivity contribution in [3.05, 3.63) is 0 Å². The number of likely N-dealkylation sites (N-methyl/N-ethyl adjacent to an activating group) is 1. The average Bonchev–Trinajstić information content (AvgIpc) is 2.27. The fraction of sp³-hybridized carbons (Fsp3) is 0.917. The van der Waals surface area contributed by atoms with Crippen LogP contribution in [-0.4, -0.2) is 47.7 Å². The van der Waals surface area contributed by atoms with Gasteiger partial charge in [0.1, 0.15) is 0 Å². The van der Waals surface area contributed by atoms with Gasteiger partial charge in [0.05, 0.1) is 12.1 Å². The van der Waals surface area contributed by atoms with Crippen molar-refractivity contribution in [2.45, 2.75) is 45.2 Å². The third kappa shape index (κ3) is 2.95. The maximum Gasteiger partial charge on any atom is 0.226 e. The Kier molecular flexibility index (Phi) is 4.33. The van der Waals surface area contributed by atoms with E-state index in [9.17, 15) is 9.90 Å². The number of rotatable bonds is 3. The summed E-state index contributed by atoms with van der Waals surface area (Å²) in [6.45, 7) is 6.78. The minimum Gasteiger partial charge on any atom is -0.394 e. The number of hydrogen-bond donors (Lipinski definition) is 2. The highest BCUT2D eigenvalue weighted by molar-refractivity contribution is 5.79. The van der Waals surface area contributed by atoms with Crippen molar-refractivity contribution in [1.82, 2.24) is 10.2 Å². The van der Waals surface area contributed by atoms with Gasteiger partial charge in [-0.2, -0.15) is 0 Å². The Balaban J connectivity index is 2.63. The van der Waals surface area contributed by atoms with Crippen LogP contribution in [0.5, 0.6) is 0 Å². The Labute approximate surface area is 98.0 Å². The Morgan fingerprint density at radius 2 is 2.19 bits per heavy atom. The molecule has 1 saturated heterocycles. The largest absolute Gasteiger partial charge is 0.394 e. The zero-order chi connectivity index (χ0) is 12.3. The second kappa shape index (κ2) is 5.15. The normalized spacial score (nSPS) is 26.6. The van der Waals surface area contributed by atoms with Crippen molar-refractivity contribution in [2.75, 3.05) is 20.2 Å². The standard InChI is InChI=1S/C12H24N2O2/c1-9-7-10(5-6-13-9)11(16)14(4)12(2,3)8-15/h9-10,13,15H,5-8H2,1-4H3. The molecule has 2 atom stereocenters. The molecule has 1 rings (SSSR count). The van der Waals surface area contributed by atoms with Gasteiger partial charge in [0.25, 0.3) is 0 Å². The Morgan fingerprint density at radius 1 is 1.56 bits per heavy atom. The summed E-state index contributed by atoms with van der Waals surface area (Å²) in [7, 11) is 1.78. The molecule has 0 spiro atoms. The Bertz CT molecular complexity index is 253. The second-order valence-corrected chi connectivity index (χ2v) is 5.44. The number of nitrogens with zero attached hydrogens (tertiary/aromatic N) is 1. The van der Waals surface area contributed by atoms with Gasteiger partial charge >= 0.3 is 0 Å². The first-order chi connectivity index (χ1) is 7.38. The molecule has 2 unspecified atom stereocenters. The summed E-state index contributed by atoms with van der Waals surface area (Å²) in [6.07, 6.45) is 1.79. The van der Waals surface area contributed by atoms with Crippen LogP contribution in [0.25, 0.3) is 0 Å². The van der Waals surface area contributed by atoms with Crippen molar-refractivity contribution in [3.8, 4) is 0 Å². The van der Waals surface area contributed by atoms with Crippen LogP contribution in [0, 0.1) is 5.92 Å². The smallest absolute Gasteiger partial charge is 0.226 e. The van der Waals surface area contributed by atoms with Crippen LogP contribution in [0.15, 0.2) is 0 Å². The number of nitrogens with one attached hydrogen (secondary N) is 1. The predicted molar refractivity (Wildman–Crippen MR) is 64.1 cm³/mol. The van der Waals surface area contributed by atoms with E-state index in [1.54, 1.807) is 11.9 Å². The van der Waals surface area contributed by atoms with Crippen LogP contribution in [0.3, 0.4) is 0 Å². The van der Waals surface area contributed by atoms with Crippen LogP contribution in [-0.2, 0) is 4.79 Å². The zero-order valence-electron chi connectivity index (χ0n) is 10.8. The van der Waals surface area contributed by atoms with E-state index in [-0.39, 0.29) is 18.4 Å². The minimum absolute atomic E-state index is 0.00420. The van der Waals surface area contributed by atoms with E-state index >= 15 is 0 Å². The molecule has 0 aliphatic carbocycles. The summed E-state index contributed by atoms with van der Waals surface area (Å²) in [4.78, 5) is 13.9. The Hall–Kier alpha value is -0.610. The number of hydrogen-bond acceptors (Lipinski definition) is 3. The van der Waals surface area contributed by atoms with E-state index in [4.69, 9.17) is 0 Å². The summed E-state index contributed by atoms with van der Waals surface area (Å²) < 4.78 is 0. The van der Waals surface area contributed by atoms with E-state index in [0.717, 1.165) is 19.4 Å². The van der Waals surface area contributed by atoms with Gasteiger partial charge in [-0.15, -0.1) is 0 Å². The van der Waals surface area contributed by atoms with Gasteiger partial charge in [0.15, 0.2) is 0 Å². The molecule has 2 N–H and O–H groups in total. The molecule has 4 nitrogen and oxygen atoms in total. The maximum atomic E-state index is 12.2. The molecule has 94 valence electrons. The first-order valence-corrected chi connectivity index (χ1v) is 6.00. The van der Waals surface area contributed by atoms with Crippen molar-refractivity contribution >= 4 is 5.91 Å². The molecule has 1 heterocycles. The SMILES string of the molecule is CC1CC(C(=O)N(C)C(C)(C)CO)CCN1. The van der Waals surface area contributed by atoms with Gasteiger partial charge in [-0.25, -0.2) is 0 Å². The molecule has 0 aromatic carbocycles. The number of carbonyl (C=O) groups is 1. The molecule has 0 saturated carbocycles. The van der Waals surface area contributed by atoms with Gasteiger partial charge in [-0.1, -0.05) is 0 Å². The molecule has 1 fully saturated rings. The molecule has 0 bridgehead atoms. The van der Waals surface area contributed by atoms with Gasteiger partial charge in [0, 0.05) is 19.0 Å². The molecule has 16 heavy (non-hydrogen) atoms. The van der Waals surface area contributed by atoms with Crippen molar-refractivity contribution in [1.29, 1.82) is 0 Å². The fourth-order valence-corrected chi connectivity index (χ4v) is 2.03. The number of carbonyl (C=O) groups excluding carboxylic acids is 1. The van der Waals surface area contributed by atoms with Crippen molar-refractivity contribution in [3.63, 3.8) is 0 Å². The van der Waals surface area contributed by atoms with E-state index < -0.39 is 5.54 Å². The van der Waals surface area contributed by atoms with Crippen molar-refractivity contribution < 1.29 is 9.90 Å². The summed E-state index contributed by atoms with van der Waals surface area (Å²) in [5.74, 6) is 0.263. The van der Waals surface area contributed by atoms with Crippen LogP contribution in [0.4, 0.5) is 0 Å². The van der Waals surface area contributed by atoms with E-state index in [1.807, 2.05) is 13.8 Å². The lowest BCUT2D eigenvalue weighted by Crippen LogP contribution is -2.52. The lowest BCUT2D eigenvalue weighted by molar-refractivity contribution is -0.141. The molecular formula is C12H24N2O2. The fourth-order valence-electron chi connectivity index (χ4n) is 2.03. The number of piperidine rings is 1. The van der Waals surface area contributed by atoms with Crippen LogP contribution in [0.1, 0.15) is 33.6 Å². The third-order valence-corrected chi connectivity index (χ3v) is 3.60. The molecule has 1 amide bonds. The van der Waals surface area contributed by atoms with Gasteiger partial charge < -0.3 is 15.3 Å². The Morgan fingerprint density at radius 3 is 2.69 bits per heavy atom. The van der Waals surface area contributed by atoms with Gasteiger partial charge in [-0.05, 0) is 40.2 Å². The number of aliphatic hydroxyl groups is 1. The van der Waals surface area contributed by atoms with E-state index in [1.165, 1.54) is 0 Å². The lowest BCUT2D eigenvalue weighted by Gasteiger charge is -2.38. The van der Waals surface area contributed by atoms with Crippen LogP contribution in [0.2, 0.25) is 0 Å². The molecule has 0 radical (unpaired) electrons. The molecular weight excluding hydrogens is 204 g/mol.